The molecule has 9 rings (SSSR count). The fourth-order valence-electron chi connectivity index (χ4n) is 7.40. The third-order valence-electron chi connectivity index (χ3n) is 9.53. The van der Waals surface area contributed by atoms with E-state index < -0.39 is 7.14 Å². The Labute approximate surface area is 267 Å². The van der Waals surface area contributed by atoms with Crippen LogP contribution in [0.2, 0.25) is 0 Å². The summed E-state index contributed by atoms with van der Waals surface area (Å²) in [7, 11) is -3.18. The molecule has 0 heterocycles. The molecule has 0 saturated heterocycles. The van der Waals surface area contributed by atoms with Gasteiger partial charge < -0.3 is 4.57 Å². The second-order valence-electron chi connectivity index (χ2n) is 12.0. The van der Waals surface area contributed by atoms with Crippen molar-refractivity contribution in [3.8, 4) is 11.1 Å². The number of rotatable bonds is 4. The molecular weight excluding hydrogens is 575 g/mol. The Balaban J connectivity index is 1.37. The van der Waals surface area contributed by atoms with Crippen molar-refractivity contribution in [3.05, 3.63) is 176 Å². The first-order chi connectivity index (χ1) is 22.7. The highest BCUT2D eigenvalue weighted by Crippen LogP contribution is 2.47. The molecule has 1 nitrogen and oxygen atoms in total. The molecule has 2 heteroatoms. The molecule has 216 valence electrons. The highest BCUT2D eigenvalue weighted by Gasteiger charge is 2.31. The maximum Gasteiger partial charge on any atom is 0.171 e. The van der Waals surface area contributed by atoms with Crippen LogP contribution in [0.1, 0.15) is 0 Å². The summed E-state index contributed by atoms with van der Waals surface area (Å²) in [4.78, 5) is 0. The van der Waals surface area contributed by atoms with E-state index in [1.54, 1.807) is 0 Å². The molecule has 0 amide bonds. The van der Waals surface area contributed by atoms with Crippen LogP contribution in [0.3, 0.4) is 0 Å². The Bertz CT molecular complexity index is 2610. The first kappa shape index (κ1) is 26.9. The van der Waals surface area contributed by atoms with Crippen LogP contribution in [0.15, 0.2) is 176 Å². The zero-order chi connectivity index (χ0) is 30.7. The van der Waals surface area contributed by atoms with E-state index in [-0.39, 0.29) is 0 Å². The average Bonchev–Trinajstić information content (AvgIpc) is 3.14. The van der Waals surface area contributed by atoms with Crippen molar-refractivity contribution in [1.29, 1.82) is 0 Å². The lowest BCUT2D eigenvalue weighted by Crippen LogP contribution is -2.25. The Hall–Kier alpha value is -5.49. The van der Waals surface area contributed by atoms with Gasteiger partial charge in [0, 0.05) is 15.9 Å². The average molecular weight is 605 g/mol. The zero-order valence-corrected chi connectivity index (χ0v) is 26.0. The van der Waals surface area contributed by atoms with Crippen molar-refractivity contribution >= 4 is 76.9 Å². The van der Waals surface area contributed by atoms with Gasteiger partial charge in [0.15, 0.2) is 7.14 Å². The second-order valence-corrected chi connectivity index (χ2v) is 14.7. The van der Waals surface area contributed by atoms with Crippen LogP contribution in [-0.4, -0.2) is 0 Å². The van der Waals surface area contributed by atoms with Gasteiger partial charge in [0.25, 0.3) is 0 Å². The number of hydrogen-bond acceptors (Lipinski definition) is 1. The SMILES string of the molecule is O=P(c1ccccc1)(c1ccccc1)c1ccc(-c2cc3c(ccc4c5ccccc5ccc43)c3ccccc23)c2ccccc12. The molecular formula is C44H29OP. The molecule has 0 unspecified atom stereocenters. The van der Waals surface area contributed by atoms with E-state index in [0.29, 0.717) is 0 Å². The fourth-order valence-corrected chi connectivity index (χ4v) is 10.3. The van der Waals surface area contributed by atoms with Crippen LogP contribution in [0.25, 0.3) is 65.0 Å². The molecule has 9 aromatic carbocycles. The molecule has 46 heavy (non-hydrogen) atoms. The maximum absolute atomic E-state index is 15.5. The summed E-state index contributed by atoms with van der Waals surface area (Å²) in [5.74, 6) is 0. The predicted molar refractivity (Wildman–Crippen MR) is 199 cm³/mol. The Morgan fingerprint density at radius 3 is 1.41 bits per heavy atom. The fraction of sp³-hybridized carbons (Fsp3) is 0. The van der Waals surface area contributed by atoms with E-state index in [0.717, 1.165) is 32.2 Å². The molecule has 0 bridgehead atoms. The summed E-state index contributed by atoms with van der Waals surface area (Å²) in [5.41, 5.74) is 2.32. The minimum atomic E-state index is -3.18. The monoisotopic (exact) mass is 604 g/mol. The van der Waals surface area contributed by atoms with Crippen LogP contribution < -0.4 is 15.9 Å². The topological polar surface area (TPSA) is 17.1 Å². The van der Waals surface area contributed by atoms with Crippen LogP contribution in [0, 0.1) is 0 Å². The summed E-state index contributed by atoms with van der Waals surface area (Å²) < 4.78 is 15.5. The number of hydrogen-bond donors (Lipinski definition) is 0. The van der Waals surface area contributed by atoms with Crippen LogP contribution in [0.5, 0.6) is 0 Å². The van der Waals surface area contributed by atoms with Gasteiger partial charge in [0.1, 0.15) is 0 Å². The molecule has 0 saturated carbocycles. The summed E-state index contributed by atoms with van der Waals surface area (Å²) >= 11 is 0. The lowest BCUT2D eigenvalue weighted by molar-refractivity contribution is 0.592. The van der Waals surface area contributed by atoms with E-state index in [9.17, 15) is 0 Å². The van der Waals surface area contributed by atoms with E-state index in [1.165, 1.54) is 48.7 Å². The van der Waals surface area contributed by atoms with Gasteiger partial charge in [-0.3, -0.25) is 0 Å². The largest absolute Gasteiger partial charge is 0.309 e. The summed E-state index contributed by atoms with van der Waals surface area (Å²) in [6, 6.07) is 61.5. The minimum Gasteiger partial charge on any atom is -0.309 e. The highest BCUT2D eigenvalue weighted by atomic mass is 31.2. The quantitative estimate of drug-likeness (QED) is 0.144. The number of benzene rings is 9. The first-order valence-electron chi connectivity index (χ1n) is 15.7. The third-order valence-corrected chi connectivity index (χ3v) is 12.7. The van der Waals surface area contributed by atoms with Crippen LogP contribution >= 0.6 is 7.14 Å². The first-order valence-corrected chi connectivity index (χ1v) is 17.4. The molecule has 0 spiro atoms. The van der Waals surface area contributed by atoms with Gasteiger partial charge in [-0.2, -0.15) is 0 Å². The molecule has 0 fully saturated rings. The lowest BCUT2D eigenvalue weighted by Gasteiger charge is -2.23. The standard InChI is InChI=1S/C44H29OP/c45-46(31-14-3-1-4-15-31,32-16-5-2-6-17-32)44-28-27-40(35-20-11-12-22-41(35)44)42-29-43-38-24-23-30-13-7-8-18-33(30)37(38)25-26-39(43)34-19-9-10-21-36(34)42/h1-29H. The molecule has 0 aliphatic carbocycles. The molecule has 9 aromatic rings. The van der Waals surface area contributed by atoms with Crippen molar-refractivity contribution in [2.45, 2.75) is 0 Å². The third kappa shape index (κ3) is 3.99. The summed E-state index contributed by atoms with van der Waals surface area (Å²) in [6.07, 6.45) is 0. The van der Waals surface area contributed by atoms with Gasteiger partial charge in [0.05, 0.1) is 0 Å². The van der Waals surface area contributed by atoms with Crippen LogP contribution in [-0.2, 0) is 4.57 Å². The van der Waals surface area contributed by atoms with Gasteiger partial charge >= 0.3 is 0 Å². The van der Waals surface area contributed by atoms with Crippen LogP contribution in [0.4, 0.5) is 0 Å². The molecule has 0 aromatic heterocycles. The van der Waals surface area contributed by atoms with Crippen molar-refractivity contribution in [1.82, 2.24) is 0 Å². The summed E-state index contributed by atoms with van der Waals surface area (Å²) in [6.45, 7) is 0. The molecule has 0 aliphatic rings. The predicted octanol–water partition coefficient (Wildman–Crippen LogP) is 10.8. The Kier molecular flexibility index (Phi) is 6.17. The van der Waals surface area contributed by atoms with Gasteiger partial charge in [-0.1, -0.05) is 164 Å². The molecule has 0 aliphatic heterocycles. The van der Waals surface area contributed by atoms with Gasteiger partial charge in [-0.25, -0.2) is 0 Å². The van der Waals surface area contributed by atoms with E-state index in [2.05, 4.69) is 115 Å². The van der Waals surface area contributed by atoms with Gasteiger partial charge in [0.2, 0.25) is 0 Å². The van der Waals surface area contributed by atoms with Crippen molar-refractivity contribution in [2.24, 2.45) is 0 Å². The van der Waals surface area contributed by atoms with Gasteiger partial charge in [-0.05, 0) is 77.1 Å². The smallest absolute Gasteiger partial charge is 0.171 e. The lowest BCUT2D eigenvalue weighted by atomic mass is 9.88. The van der Waals surface area contributed by atoms with Crippen molar-refractivity contribution < 1.29 is 4.57 Å². The normalized spacial score (nSPS) is 12.0. The summed E-state index contributed by atoms with van der Waals surface area (Å²) in [5, 5.41) is 14.6. The van der Waals surface area contributed by atoms with Crippen molar-refractivity contribution in [2.75, 3.05) is 0 Å². The Morgan fingerprint density at radius 2 is 0.761 bits per heavy atom. The van der Waals surface area contributed by atoms with Gasteiger partial charge in [-0.15, -0.1) is 0 Å². The molecule has 0 N–H and O–H groups in total. The van der Waals surface area contributed by atoms with E-state index in [4.69, 9.17) is 0 Å². The second kappa shape index (κ2) is 10.6. The highest BCUT2D eigenvalue weighted by molar-refractivity contribution is 7.85. The van der Waals surface area contributed by atoms with E-state index >= 15 is 4.57 Å². The zero-order valence-electron chi connectivity index (χ0n) is 25.1. The number of fused-ring (bicyclic) bond motifs is 8. The minimum absolute atomic E-state index is 0.842. The van der Waals surface area contributed by atoms with E-state index in [1.807, 2.05) is 60.7 Å². The molecule has 0 atom stereocenters. The van der Waals surface area contributed by atoms with Crippen molar-refractivity contribution in [3.63, 3.8) is 0 Å². The molecule has 0 radical (unpaired) electrons. The Morgan fingerprint density at radius 1 is 0.304 bits per heavy atom. The maximum atomic E-state index is 15.5.